The number of hydrogen-bond donors (Lipinski definition) is 1. The van der Waals surface area contributed by atoms with Gasteiger partial charge in [-0.1, -0.05) is 24.3 Å². The van der Waals surface area contributed by atoms with Gasteiger partial charge in [0.15, 0.2) is 11.6 Å². The molecule has 1 N–H and O–H groups in total. The fourth-order valence-corrected chi connectivity index (χ4v) is 2.66. The van der Waals surface area contributed by atoms with Crippen LogP contribution in [0.2, 0.25) is 0 Å². The fourth-order valence-electron chi connectivity index (χ4n) is 2.66. The highest BCUT2D eigenvalue weighted by molar-refractivity contribution is 5.85. The molecule has 0 bridgehead atoms. The smallest absolute Gasteiger partial charge is 0.259 e. The third-order valence-corrected chi connectivity index (χ3v) is 4.06. The highest BCUT2D eigenvalue weighted by atomic mass is 16.3. The average molecular weight is 290 g/mol. The third kappa shape index (κ3) is 1.84. The fraction of sp³-hybridized carbons (Fsp3) is 0.111. The number of furan rings is 1. The predicted octanol–water partition coefficient (Wildman–Crippen LogP) is 3.95. The number of H-pyrrole nitrogens is 1. The summed E-state index contributed by atoms with van der Waals surface area (Å²) in [6, 6.07) is 13.4. The minimum atomic E-state index is -0.149. The van der Waals surface area contributed by atoms with E-state index in [-0.39, 0.29) is 5.56 Å². The van der Waals surface area contributed by atoms with Crippen LogP contribution in [0.4, 0.5) is 0 Å². The summed E-state index contributed by atoms with van der Waals surface area (Å²) in [4.78, 5) is 19.7. The number of para-hydroxylation sites is 1. The maximum atomic E-state index is 12.3. The number of rotatable bonds is 1. The average Bonchev–Trinajstić information content (AvgIpc) is 2.95. The van der Waals surface area contributed by atoms with E-state index in [1.54, 1.807) is 0 Å². The summed E-state index contributed by atoms with van der Waals surface area (Å²) in [6.45, 7) is 3.99. The van der Waals surface area contributed by atoms with Gasteiger partial charge in [-0.2, -0.15) is 0 Å². The van der Waals surface area contributed by atoms with Crippen LogP contribution in [0.3, 0.4) is 0 Å². The lowest BCUT2D eigenvalue weighted by Crippen LogP contribution is -2.10. The molecule has 4 heteroatoms. The van der Waals surface area contributed by atoms with Gasteiger partial charge < -0.3 is 9.40 Å². The Morgan fingerprint density at radius 1 is 1.09 bits per heavy atom. The Morgan fingerprint density at radius 2 is 1.91 bits per heavy atom. The molecule has 0 saturated carbocycles. The summed E-state index contributed by atoms with van der Waals surface area (Å²) in [5.41, 5.74) is 3.48. The van der Waals surface area contributed by atoms with Crippen molar-refractivity contribution >= 4 is 21.9 Å². The molecule has 2 heterocycles. The van der Waals surface area contributed by atoms with E-state index in [1.165, 1.54) is 0 Å². The Bertz CT molecular complexity index is 1040. The van der Waals surface area contributed by atoms with Crippen molar-refractivity contribution in [2.75, 3.05) is 0 Å². The summed E-state index contributed by atoms with van der Waals surface area (Å²) in [5, 5.41) is 1.59. The minimum absolute atomic E-state index is 0.149. The van der Waals surface area contributed by atoms with Crippen molar-refractivity contribution in [1.82, 2.24) is 9.97 Å². The van der Waals surface area contributed by atoms with E-state index in [0.717, 1.165) is 27.6 Å². The van der Waals surface area contributed by atoms with Gasteiger partial charge in [-0.3, -0.25) is 4.79 Å². The molecule has 0 amide bonds. The number of hydrogen-bond acceptors (Lipinski definition) is 3. The molecule has 4 rings (SSSR count). The first-order valence-electron chi connectivity index (χ1n) is 7.12. The van der Waals surface area contributed by atoms with Crippen molar-refractivity contribution in [2.45, 2.75) is 13.8 Å². The summed E-state index contributed by atoms with van der Waals surface area (Å²) in [7, 11) is 0. The van der Waals surface area contributed by atoms with Crippen molar-refractivity contribution in [2.24, 2.45) is 0 Å². The first kappa shape index (κ1) is 12.8. The Morgan fingerprint density at radius 3 is 2.73 bits per heavy atom. The van der Waals surface area contributed by atoms with E-state index in [0.29, 0.717) is 17.0 Å². The van der Waals surface area contributed by atoms with Gasteiger partial charge in [-0.25, -0.2) is 4.98 Å². The van der Waals surface area contributed by atoms with Gasteiger partial charge in [0, 0.05) is 5.39 Å². The van der Waals surface area contributed by atoms with Gasteiger partial charge in [0.05, 0.1) is 10.9 Å². The molecule has 22 heavy (non-hydrogen) atoms. The van der Waals surface area contributed by atoms with Crippen LogP contribution < -0.4 is 5.56 Å². The van der Waals surface area contributed by atoms with Gasteiger partial charge in [0.2, 0.25) is 0 Å². The first-order valence-corrected chi connectivity index (χ1v) is 7.12. The molecule has 0 fully saturated rings. The first-order chi connectivity index (χ1) is 10.6. The molecule has 2 aromatic carbocycles. The molecule has 4 nitrogen and oxygen atoms in total. The highest BCUT2D eigenvalue weighted by Crippen LogP contribution is 2.26. The van der Waals surface area contributed by atoms with Gasteiger partial charge in [-0.15, -0.1) is 0 Å². The van der Waals surface area contributed by atoms with E-state index in [9.17, 15) is 4.79 Å². The summed E-state index contributed by atoms with van der Waals surface area (Å²) < 4.78 is 5.80. The molecule has 0 radical (unpaired) electrons. The normalized spacial score (nSPS) is 11.4. The van der Waals surface area contributed by atoms with Crippen LogP contribution in [0.5, 0.6) is 0 Å². The molecular weight excluding hydrogens is 276 g/mol. The molecule has 0 atom stereocenters. The molecular formula is C18H14N2O2. The van der Waals surface area contributed by atoms with E-state index < -0.39 is 0 Å². The van der Waals surface area contributed by atoms with Crippen LogP contribution in [-0.4, -0.2) is 9.97 Å². The number of aryl methyl sites for hydroxylation is 2. The van der Waals surface area contributed by atoms with Crippen LogP contribution in [0.1, 0.15) is 11.1 Å². The molecule has 0 saturated heterocycles. The van der Waals surface area contributed by atoms with Crippen LogP contribution in [-0.2, 0) is 0 Å². The monoisotopic (exact) mass is 290 g/mol. The second-order valence-corrected chi connectivity index (χ2v) is 5.47. The van der Waals surface area contributed by atoms with Gasteiger partial charge in [-0.05, 0) is 43.2 Å². The van der Waals surface area contributed by atoms with Crippen LogP contribution in [0, 0.1) is 13.8 Å². The van der Waals surface area contributed by atoms with Crippen LogP contribution >= 0.6 is 0 Å². The van der Waals surface area contributed by atoms with Crippen LogP contribution in [0.15, 0.2) is 51.7 Å². The number of nitrogens with zero attached hydrogens (tertiary/aromatic N) is 1. The molecule has 108 valence electrons. The maximum Gasteiger partial charge on any atom is 0.259 e. The highest BCUT2D eigenvalue weighted by Gasteiger charge is 2.12. The minimum Gasteiger partial charge on any atom is -0.453 e. The molecule has 0 spiro atoms. The maximum absolute atomic E-state index is 12.3. The molecule has 0 aliphatic heterocycles. The predicted molar refractivity (Wildman–Crippen MR) is 87.0 cm³/mol. The van der Waals surface area contributed by atoms with Crippen molar-refractivity contribution < 1.29 is 4.42 Å². The number of nitrogens with one attached hydrogen (secondary N) is 1. The number of benzene rings is 2. The largest absolute Gasteiger partial charge is 0.453 e. The zero-order valence-corrected chi connectivity index (χ0v) is 12.3. The topological polar surface area (TPSA) is 58.9 Å². The zero-order valence-electron chi connectivity index (χ0n) is 12.3. The van der Waals surface area contributed by atoms with E-state index in [4.69, 9.17) is 4.42 Å². The zero-order chi connectivity index (χ0) is 15.3. The Kier molecular flexibility index (Phi) is 2.66. The SMILES string of the molecule is Cc1ccc2c(=O)[nH]c(-c3cc4ccccc4o3)nc2c1C. The second-order valence-electron chi connectivity index (χ2n) is 5.47. The quantitative estimate of drug-likeness (QED) is 0.577. The van der Waals surface area contributed by atoms with Gasteiger partial charge >= 0.3 is 0 Å². The van der Waals surface area contributed by atoms with Gasteiger partial charge in [0.25, 0.3) is 5.56 Å². The lowest BCUT2D eigenvalue weighted by molar-refractivity contribution is 0.625. The van der Waals surface area contributed by atoms with Crippen molar-refractivity contribution in [3.05, 3.63) is 63.9 Å². The third-order valence-electron chi connectivity index (χ3n) is 4.06. The van der Waals surface area contributed by atoms with E-state index in [2.05, 4.69) is 9.97 Å². The van der Waals surface area contributed by atoms with Crippen molar-refractivity contribution in [3.63, 3.8) is 0 Å². The number of aromatic nitrogens is 2. The number of aromatic amines is 1. The number of fused-ring (bicyclic) bond motifs is 2. The summed E-state index contributed by atoms with van der Waals surface area (Å²) in [6.07, 6.45) is 0. The molecule has 2 aromatic heterocycles. The van der Waals surface area contributed by atoms with E-state index >= 15 is 0 Å². The second kappa shape index (κ2) is 4.56. The lowest BCUT2D eigenvalue weighted by Gasteiger charge is -2.05. The standard InChI is InChI=1S/C18H14N2O2/c1-10-7-8-13-16(11(10)2)19-17(20-18(13)21)15-9-12-5-3-4-6-14(12)22-15/h3-9H,1-2H3,(H,19,20,21). The molecule has 4 aromatic rings. The summed E-state index contributed by atoms with van der Waals surface area (Å²) >= 11 is 0. The van der Waals surface area contributed by atoms with Crippen LogP contribution in [0.25, 0.3) is 33.5 Å². The van der Waals surface area contributed by atoms with Crippen molar-refractivity contribution in [3.8, 4) is 11.6 Å². The summed E-state index contributed by atoms with van der Waals surface area (Å²) in [5.74, 6) is 1.03. The Balaban J connectivity index is 2.02. The van der Waals surface area contributed by atoms with Crippen molar-refractivity contribution in [1.29, 1.82) is 0 Å². The molecule has 0 unspecified atom stereocenters. The Hall–Kier alpha value is -2.88. The Labute approximate surface area is 126 Å². The van der Waals surface area contributed by atoms with Gasteiger partial charge in [0.1, 0.15) is 5.58 Å². The van der Waals surface area contributed by atoms with E-state index in [1.807, 2.05) is 56.3 Å². The lowest BCUT2D eigenvalue weighted by atomic mass is 10.1. The molecule has 0 aliphatic carbocycles. The molecule has 0 aliphatic rings.